The third kappa shape index (κ3) is 1.47. The van der Waals surface area contributed by atoms with Gasteiger partial charge in [0.2, 0.25) is 0 Å². The number of hydrogen-bond acceptors (Lipinski definition) is 1. The highest BCUT2D eigenvalue weighted by Gasteiger charge is 2.31. The molecule has 0 spiro atoms. The van der Waals surface area contributed by atoms with Gasteiger partial charge in [0, 0.05) is 17.4 Å². The Morgan fingerprint density at radius 3 is 2.11 bits per heavy atom. The maximum Gasteiger partial charge on any atom is 0.0495 e. The Kier molecular flexibility index (Phi) is 2.53. The predicted octanol–water partition coefficient (Wildman–Crippen LogP) is 1.93. The zero-order valence-corrected chi connectivity index (χ0v) is 7.15. The minimum atomic E-state index is 0.250. The van der Waals surface area contributed by atoms with E-state index in [-0.39, 0.29) is 5.41 Å². The van der Waals surface area contributed by atoms with Gasteiger partial charge in [-0.3, -0.25) is 0 Å². The molecule has 0 aromatic carbocycles. The highest BCUT2D eigenvalue weighted by molar-refractivity contribution is 9.09. The summed E-state index contributed by atoms with van der Waals surface area (Å²) in [4.78, 5) is 0. The molecule has 0 atom stereocenters. The predicted molar refractivity (Wildman–Crippen MR) is 41.8 cm³/mol. The molecule has 9 heavy (non-hydrogen) atoms. The third-order valence-electron chi connectivity index (χ3n) is 2.28. The van der Waals surface area contributed by atoms with E-state index in [0.717, 1.165) is 5.33 Å². The topological polar surface area (TPSA) is 20.2 Å². The monoisotopic (exact) mass is 192 g/mol. The summed E-state index contributed by atoms with van der Waals surface area (Å²) >= 11 is 3.43. The molecule has 1 nitrogen and oxygen atoms in total. The van der Waals surface area contributed by atoms with Crippen LogP contribution in [0, 0.1) is 5.41 Å². The molecule has 0 aliphatic heterocycles. The molecular formula is C7H13BrO. The van der Waals surface area contributed by atoms with E-state index in [0.29, 0.717) is 6.61 Å². The van der Waals surface area contributed by atoms with Crippen LogP contribution < -0.4 is 0 Å². The number of aliphatic hydroxyl groups is 1. The third-order valence-corrected chi connectivity index (χ3v) is 3.47. The lowest BCUT2D eigenvalue weighted by molar-refractivity contribution is 0.154. The maximum absolute atomic E-state index is 8.99. The average molecular weight is 193 g/mol. The van der Waals surface area contributed by atoms with Gasteiger partial charge in [0.1, 0.15) is 0 Å². The molecule has 1 rings (SSSR count). The van der Waals surface area contributed by atoms with Gasteiger partial charge in [0.15, 0.2) is 0 Å². The van der Waals surface area contributed by atoms with Gasteiger partial charge in [-0.15, -0.1) is 0 Å². The number of aliphatic hydroxyl groups excluding tert-OH is 1. The van der Waals surface area contributed by atoms with E-state index in [2.05, 4.69) is 15.9 Å². The molecule has 1 aliphatic carbocycles. The Labute approximate surface area is 64.6 Å². The van der Waals surface area contributed by atoms with Crippen LogP contribution in [-0.4, -0.2) is 17.0 Å². The molecule has 0 saturated heterocycles. The number of hydrogen-bond donors (Lipinski definition) is 1. The van der Waals surface area contributed by atoms with Gasteiger partial charge < -0.3 is 5.11 Å². The zero-order chi connectivity index (χ0) is 6.74. The molecule has 0 unspecified atom stereocenters. The van der Waals surface area contributed by atoms with Crippen molar-refractivity contribution in [2.75, 3.05) is 11.9 Å². The van der Waals surface area contributed by atoms with Crippen LogP contribution in [0.3, 0.4) is 0 Å². The Balaban J connectivity index is 2.45. The zero-order valence-electron chi connectivity index (χ0n) is 5.57. The van der Waals surface area contributed by atoms with Crippen LogP contribution in [-0.2, 0) is 0 Å². The first-order valence-electron chi connectivity index (χ1n) is 3.50. The number of alkyl halides is 1. The summed E-state index contributed by atoms with van der Waals surface area (Å²) in [5, 5.41) is 9.96. The van der Waals surface area contributed by atoms with Crippen LogP contribution >= 0.6 is 15.9 Å². The van der Waals surface area contributed by atoms with Crippen LogP contribution in [0.15, 0.2) is 0 Å². The van der Waals surface area contributed by atoms with Crippen molar-refractivity contribution in [1.29, 1.82) is 0 Å². The Morgan fingerprint density at radius 1 is 1.33 bits per heavy atom. The molecular weight excluding hydrogens is 180 g/mol. The quantitative estimate of drug-likeness (QED) is 0.664. The Hall–Kier alpha value is 0.440. The molecule has 0 radical (unpaired) electrons. The van der Waals surface area contributed by atoms with Crippen LogP contribution in [0.1, 0.15) is 25.7 Å². The minimum absolute atomic E-state index is 0.250. The van der Waals surface area contributed by atoms with Crippen molar-refractivity contribution < 1.29 is 5.11 Å². The first kappa shape index (κ1) is 7.55. The van der Waals surface area contributed by atoms with E-state index < -0.39 is 0 Å². The Morgan fingerprint density at radius 2 is 1.89 bits per heavy atom. The van der Waals surface area contributed by atoms with Gasteiger partial charge in [-0.05, 0) is 12.8 Å². The fourth-order valence-corrected chi connectivity index (χ4v) is 2.20. The summed E-state index contributed by atoms with van der Waals surface area (Å²) in [6.45, 7) is 0.359. The lowest BCUT2D eigenvalue weighted by Gasteiger charge is -2.22. The fourth-order valence-electron chi connectivity index (χ4n) is 1.46. The molecule has 2 heteroatoms. The van der Waals surface area contributed by atoms with Crippen molar-refractivity contribution >= 4 is 15.9 Å². The van der Waals surface area contributed by atoms with Crippen LogP contribution in [0.4, 0.5) is 0 Å². The number of rotatable bonds is 2. The van der Waals surface area contributed by atoms with Crippen molar-refractivity contribution in [2.24, 2.45) is 5.41 Å². The molecule has 0 aromatic heterocycles. The maximum atomic E-state index is 8.99. The van der Waals surface area contributed by atoms with Crippen LogP contribution in [0.2, 0.25) is 0 Å². The highest BCUT2D eigenvalue weighted by atomic mass is 79.9. The largest absolute Gasteiger partial charge is 0.396 e. The first-order valence-corrected chi connectivity index (χ1v) is 4.62. The molecule has 1 saturated carbocycles. The second-order valence-electron chi connectivity index (χ2n) is 3.00. The van der Waals surface area contributed by atoms with Crippen LogP contribution in [0.25, 0.3) is 0 Å². The van der Waals surface area contributed by atoms with E-state index in [1.165, 1.54) is 25.7 Å². The van der Waals surface area contributed by atoms with E-state index in [9.17, 15) is 0 Å². The van der Waals surface area contributed by atoms with E-state index in [4.69, 9.17) is 5.11 Å². The van der Waals surface area contributed by atoms with Gasteiger partial charge >= 0.3 is 0 Å². The van der Waals surface area contributed by atoms with E-state index in [1.54, 1.807) is 0 Å². The molecule has 54 valence electrons. The number of halogens is 1. The SMILES string of the molecule is OCC1(CBr)CCCC1. The van der Waals surface area contributed by atoms with Gasteiger partial charge in [-0.25, -0.2) is 0 Å². The molecule has 1 aliphatic rings. The van der Waals surface area contributed by atoms with Crippen LogP contribution in [0.5, 0.6) is 0 Å². The molecule has 1 N–H and O–H groups in total. The van der Waals surface area contributed by atoms with Crippen molar-refractivity contribution in [3.63, 3.8) is 0 Å². The van der Waals surface area contributed by atoms with Crippen molar-refractivity contribution in [1.82, 2.24) is 0 Å². The summed E-state index contributed by atoms with van der Waals surface area (Å²) in [5.74, 6) is 0. The average Bonchev–Trinajstić information content (AvgIpc) is 2.36. The molecule has 1 fully saturated rings. The standard InChI is InChI=1S/C7H13BrO/c8-5-7(6-9)3-1-2-4-7/h9H,1-6H2. The normalized spacial score (nSPS) is 24.7. The van der Waals surface area contributed by atoms with Crippen molar-refractivity contribution in [3.8, 4) is 0 Å². The molecule has 0 heterocycles. The highest BCUT2D eigenvalue weighted by Crippen LogP contribution is 2.38. The molecule has 0 bridgehead atoms. The second kappa shape index (κ2) is 3.02. The van der Waals surface area contributed by atoms with E-state index in [1.807, 2.05) is 0 Å². The van der Waals surface area contributed by atoms with Gasteiger partial charge in [-0.1, -0.05) is 28.8 Å². The van der Waals surface area contributed by atoms with Gasteiger partial charge in [-0.2, -0.15) is 0 Å². The smallest absolute Gasteiger partial charge is 0.0495 e. The summed E-state index contributed by atoms with van der Waals surface area (Å²) in [5.41, 5.74) is 0.250. The molecule has 0 amide bonds. The summed E-state index contributed by atoms with van der Waals surface area (Å²) in [7, 11) is 0. The lowest BCUT2D eigenvalue weighted by Crippen LogP contribution is -2.22. The van der Waals surface area contributed by atoms with E-state index >= 15 is 0 Å². The summed E-state index contributed by atoms with van der Waals surface area (Å²) in [6.07, 6.45) is 5.00. The lowest BCUT2D eigenvalue weighted by atomic mass is 9.90. The first-order chi connectivity index (χ1) is 4.33. The minimum Gasteiger partial charge on any atom is -0.396 e. The fraction of sp³-hybridized carbons (Fsp3) is 1.00. The van der Waals surface area contributed by atoms with Crippen molar-refractivity contribution in [3.05, 3.63) is 0 Å². The van der Waals surface area contributed by atoms with Gasteiger partial charge in [0.05, 0.1) is 0 Å². The second-order valence-corrected chi connectivity index (χ2v) is 3.56. The van der Waals surface area contributed by atoms with Crippen molar-refractivity contribution in [2.45, 2.75) is 25.7 Å². The summed E-state index contributed by atoms with van der Waals surface area (Å²) in [6, 6.07) is 0. The molecule has 0 aromatic rings. The summed E-state index contributed by atoms with van der Waals surface area (Å²) < 4.78 is 0. The van der Waals surface area contributed by atoms with Gasteiger partial charge in [0.25, 0.3) is 0 Å². The Bertz CT molecular complexity index is 80.9.